The largest absolute Gasteiger partial charge is 0.416 e. The molecule has 2 aromatic carbocycles. The summed E-state index contributed by atoms with van der Waals surface area (Å²) in [5.41, 5.74) is 6.33. The van der Waals surface area contributed by atoms with Crippen molar-refractivity contribution in [3.63, 3.8) is 0 Å². The number of nitrogens with zero attached hydrogens (tertiary/aromatic N) is 2. The van der Waals surface area contributed by atoms with Crippen molar-refractivity contribution in [3.8, 4) is 0 Å². The first kappa shape index (κ1) is 23.8. The molecule has 2 N–H and O–H groups in total. The second-order valence-corrected chi connectivity index (χ2v) is 8.85. The van der Waals surface area contributed by atoms with Crippen LogP contribution in [0.3, 0.4) is 0 Å². The summed E-state index contributed by atoms with van der Waals surface area (Å²) in [7, 11) is 0. The minimum atomic E-state index is -4.47. The highest BCUT2D eigenvalue weighted by atomic mass is 35.5. The molecule has 1 amide bonds. The number of rotatable bonds is 5. The van der Waals surface area contributed by atoms with Crippen LogP contribution in [0.4, 0.5) is 18.9 Å². The van der Waals surface area contributed by atoms with E-state index in [1.165, 1.54) is 18.2 Å². The Hall–Kier alpha value is -3.33. The molecule has 10 heteroatoms. The number of carbonyl (C=O) groups excluding carboxylic acids is 1. The van der Waals surface area contributed by atoms with Crippen LogP contribution in [0.2, 0.25) is 5.02 Å². The van der Waals surface area contributed by atoms with Crippen LogP contribution in [-0.4, -0.2) is 17.4 Å². The molecule has 1 heterocycles. The van der Waals surface area contributed by atoms with Crippen molar-refractivity contribution in [2.24, 2.45) is 5.73 Å². The van der Waals surface area contributed by atoms with E-state index in [0.717, 1.165) is 36.2 Å². The Kier molecular flexibility index (Phi) is 6.16. The first-order valence-electron chi connectivity index (χ1n) is 10.6. The highest BCUT2D eigenvalue weighted by molar-refractivity contribution is 6.31. The second-order valence-electron chi connectivity index (χ2n) is 8.44. The molecule has 0 saturated carbocycles. The maximum absolute atomic E-state index is 13.0. The molecule has 6 nitrogen and oxygen atoms in total. The molecule has 0 aromatic heterocycles. The van der Waals surface area contributed by atoms with E-state index in [9.17, 15) is 28.1 Å². The Morgan fingerprint density at radius 1 is 1.24 bits per heavy atom. The number of alkyl halides is 3. The number of allylic oxidation sites excluding steroid dienone is 2. The number of nitro groups is 1. The summed E-state index contributed by atoms with van der Waals surface area (Å²) in [5, 5.41) is 11.3. The minimum Gasteiger partial charge on any atom is -0.369 e. The number of hydrogen-bond acceptors (Lipinski definition) is 4. The third-order valence-electron chi connectivity index (χ3n) is 6.32. The van der Waals surface area contributed by atoms with Crippen LogP contribution in [0.25, 0.3) is 0 Å². The zero-order valence-corrected chi connectivity index (χ0v) is 18.7. The minimum absolute atomic E-state index is 0.0395. The summed E-state index contributed by atoms with van der Waals surface area (Å²) < 4.78 is 38.9. The Morgan fingerprint density at radius 2 is 2.00 bits per heavy atom. The van der Waals surface area contributed by atoms with E-state index in [4.69, 9.17) is 17.3 Å². The van der Waals surface area contributed by atoms with E-state index < -0.39 is 28.0 Å². The van der Waals surface area contributed by atoms with Gasteiger partial charge in [-0.2, -0.15) is 13.2 Å². The predicted molar refractivity (Wildman–Crippen MR) is 122 cm³/mol. The van der Waals surface area contributed by atoms with Gasteiger partial charge >= 0.3 is 6.18 Å². The maximum Gasteiger partial charge on any atom is 0.416 e. The standard InChI is InChI=1S/C24H21ClF3N3O3/c25-20-12-18(24(26,27)28)6-5-16(20)14-30-10-2-3-15-11-17(7-8-21(15)30)23(22(29)32)9-1-4-19(13-23)31(33)34/h1,4-8,11-13H,2-3,9-10,14H2,(H2,29,32). The lowest BCUT2D eigenvalue weighted by Gasteiger charge is -2.34. The Balaban J connectivity index is 1.66. The summed E-state index contributed by atoms with van der Waals surface area (Å²) in [5.74, 6) is -0.680. The van der Waals surface area contributed by atoms with Crippen LogP contribution in [0.15, 0.2) is 60.3 Å². The monoisotopic (exact) mass is 491 g/mol. The fourth-order valence-electron chi connectivity index (χ4n) is 4.53. The van der Waals surface area contributed by atoms with Gasteiger partial charge in [-0.25, -0.2) is 0 Å². The van der Waals surface area contributed by atoms with Crippen molar-refractivity contribution in [1.82, 2.24) is 0 Å². The molecule has 0 spiro atoms. The van der Waals surface area contributed by atoms with Gasteiger partial charge in [-0.1, -0.05) is 35.9 Å². The third kappa shape index (κ3) is 4.40. The van der Waals surface area contributed by atoms with Gasteiger partial charge in [0.1, 0.15) is 5.41 Å². The summed E-state index contributed by atoms with van der Waals surface area (Å²) in [4.78, 5) is 25.2. The van der Waals surface area contributed by atoms with Gasteiger partial charge in [-0.05, 0) is 54.2 Å². The van der Waals surface area contributed by atoms with E-state index in [1.807, 2.05) is 17.0 Å². The van der Waals surface area contributed by atoms with Gasteiger partial charge in [0.2, 0.25) is 5.91 Å². The quantitative estimate of drug-likeness (QED) is 0.462. The first-order valence-corrected chi connectivity index (χ1v) is 11.0. The molecule has 34 heavy (non-hydrogen) atoms. The molecule has 1 aliphatic carbocycles. The number of aryl methyl sites for hydroxylation is 1. The summed E-state index contributed by atoms with van der Waals surface area (Å²) in [6, 6.07) is 8.72. The van der Waals surface area contributed by atoms with Gasteiger partial charge in [-0.3, -0.25) is 14.9 Å². The highest BCUT2D eigenvalue weighted by Gasteiger charge is 2.40. The molecule has 0 fully saturated rings. The zero-order chi connectivity index (χ0) is 24.7. The number of halogens is 4. The number of primary amides is 1. The topological polar surface area (TPSA) is 89.5 Å². The molecule has 0 bridgehead atoms. The molecule has 178 valence electrons. The third-order valence-corrected chi connectivity index (χ3v) is 6.68. The SMILES string of the molecule is NC(=O)C1(c2ccc3c(c2)CCCN3Cc2ccc(C(F)(F)F)cc2Cl)C=C([N+](=O)[O-])C=CC1. The summed E-state index contributed by atoms with van der Waals surface area (Å²) >= 11 is 6.15. The first-order chi connectivity index (χ1) is 16.0. The molecule has 2 aliphatic rings. The van der Waals surface area contributed by atoms with Crippen molar-refractivity contribution in [2.75, 3.05) is 11.4 Å². The Morgan fingerprint density at radius 3 is 2.65 bits per heavy atom. The average molecular weight is 492 g/mol. The molecule has 2 aromatic rings. The lowest BCUT2D eigenvalue weighted by molar-refractivity contribution is -0.419. The van der Waals surface area contributed by atoms with Gasteiger partial charge in [0.15, 0.2) is 0 Å². The molecule has 1 aliphatic heterocycles. The van der Waals surface area contributed by atoms with Crippen molar-refractivity contribution in [3.05, 3.63) is 97.7 Å². The van der Waals surface area contributed by atoms with Crippen LogP contribution in [0, 0.1) is 10.1 Å². The average Bonchev–Trinajstić information content (AvgIpc) is 2.79. The van der Waals surface area contributed by atoms with Crippen LogP contribution in [0.1, 0.15) is 35.1 Å². The fourth-order valence-corrected chi connectivity index (χ4v) is 4.77. The van der Waals surface area contributed by atoms with Gasteiger partial charge in [0, 0.05) is 36.0 Å². The number of benzene rings is 2. The van der Waals surface area contributed by atoms with Crippen molar-refractivity contribution >= 4 is 23.2 Å². The molecule has 1 atom stereocenters. The number of amides is 1. The van der Waals surface area contributed by atoms with Gasteiger partial charge in [0.25, 0.3) is 5.70 Å². The van der Waals surface area contributed by atoms with Crippen molar-refractivity contribution in [1.29, 1.82) is 0 Å². The van der Waals surface area contributed by atoms with E-state index in [-0.39, 0.29) is 17.1 Å². The number of nitrogens with two attached hydrogens (primary N) is 1. The molecular weight excluding hydrogens is 471 g/mol. The highest BCUT2D eigenvalue weighted by Crippen LogP contribution is 2.39. The van der Waals surface area contributed by atoms with Gasteiger partial charge in [0.05, 0.1) is 10.5 Å². The lowest BCUT2D eigenvalue weighted by Crippen LogP contribution is -2.41. The van der Waals surface area contributed by atoms with Gasteiger partial charge in [-0.15, -0.1) is 0 Å². The molecule has 1 unspecified atom stereocenters. The second kappa shape index (κ2) is 8.79. The van der Waals surface area contributed by atoms with Crippen molar-refractivity contribution < 1.29 is 22.9 Å². The molecule has 4 rings (SSSR count). The number of carbonyl (C=O) groups is 1. The van der Waals surface area contributed by atoms with Crippen LogP contribution < -0.4 is 10.6 Å². The lowest BCUT2D eigenvalue weighted by atomic mass is 9.73. The Labute approximate surface area is 198 Å². The summed E-state index contributed by atoms with van der Waals surface area (Å²) in [6.07, 6.45) is 1.48. The smallest absolute Gasteiger partial charge is 0.369 e. The zero-order valence-electron chi connectivity index (χ0n) is 17.9. The normalized spacial score (nSPS) is 20.0. The maximum atomic E-state index is 13.0. The van der Waals surface area contributed by atoms with Crippen molar-refractivity contribution in [2.45, 2.75) is 37.4 Å². The molecule has 0 radical (unpaired) electrons. The Bertz CT molecular complexity index is 1230. The fraction of sp³-hybridized carbons (Fsp3) is 0.292. The van der Waals surface area contributed by atoms with E-state index in [0.29, 0.717) is 24.2 Å². The van der Waals surface area contributed by atoms with E-state index >= 15 is 0 Å². The molecule has 0 saturated heterocycles. The van der Waals surface area contributed by atoms with Gasteiger partial charge < -0.3 is 10.6 Å². The van der Waals surface area contributed by atoms with E-state index in [2.05, 4.69) is 0 Å². The number of hydrogen-bond donors (Lipinski definition) is 1. The molecular formula is C24H21ClF3N3O3. The number of anilines is 1. The van der Waals surface area contributed by atoms with Crippen LogP contribution in [0.5, 0.6) is 0 Å². The van der Waals surface area contributed by atoms with Crippen LogP contribution in [-0.2, 0) is 29.4 Å². The number of fused-ring (bicyclic) bond motifs is 1. The van der Waals surface area contributed by atoms with Crippen LogP contribution >= 0.6 is 11.6 Å². The van der Waals surface area contributed by atoms with E-state index in [1.54, 1.807) is 12.1 Å². The summed E-state index contributed by atoms with van der Waals surface area (Å²) in [6.45, 7) is 0.997. The predicted octanol–water partition coefficient (Wildman–Crippen LogP) is 5.16.